The van der Waals surface area contributed by atoms with Gasteiger partial charge >= 0.3 is 6.01 Å². The predicted molar refractivity (Wildman–Crippen MR) is 76.1 cm³/mol. The Morgan fingerprint density at radius 3 is 2.77 bits per heavy atom. The molecule has 1 aromatic heterocycles. The standard InChI is InChI=1S/C15H14FN3O3/c16-11-4-1-2-5-12(11)22-15-17-8-10(9-18-15)19-14(20)13-6-3-7-21-13/h1-2,4-5,8-9,13H,3,6-7H2,(H,19,20)/t13-/m0/s1. The van der Waals surface area contributed by atoms with Crippen molar-refractivity contribution in [2.24, 2.45) is 0 Å². The van der Waals surface area contributed by atoms with Gasteiger partial charge in [0, 0.05) is 6.61 Å². The Balaban J connectivity index is 1.63. The van der Waals surface area contributed by atoms with Crippen LogP contribution in [0.1, 0.15) is 12.8 Å². The van der Waals surface area contributed by atoms with Crippen molar-refractivity contribution in [3.05, 3.63) is 42.5 Å². The number of benzene rings is 1. The molecule has 1 atom stereocenters. The number of nitrogens with zero attached hydrogens (tertiary/aromatic N) is 2. The second kappa shape index (κ2) is 6.48. The maximum absolute atomic E-state index is 13.4. The van der Waals surface area contributed by atoms with E-state index in [0.717, 1.165) is 6.42 Å². The molecule has 0 saturated carbocycles. The summed E-state index contributed by atoms with van der Waals surface area (Å²) in [4.78, 5) is 19.7. The van der Waals surface area contributed by atoms with Gasteiger partial charge in [0.25, 0.3) is 5.91 Å². The van der Waals surface area contributed by atoms with Crippen molar-refractivity contribution in [2.45, 2.75) is 18.9 Å². The van der Waals surface area contributed by atoms with Crippen LogP contribution < -0.4 is 10.1 Å². The van der Waals surface area contributed by atoms with Crippen LogP contribution in [0.4, 0.5) is 10.1 Å². The predicted octanol–water partition coefficient (Wildman–Crippen LogP) is 2.53. The number of para-hydroxylation sites is 1. The lowest BCUT2D eigenvalue weighted by molar-refractivity contribution is -0.124. The summed E-state index contributed by atoms with van der Waals surface area (Å²) in [5.41, 5.74) is 0.432. The highest BCUT2D eigenvalue weighted by molar-refractivity contribution is 5.94. The summed E-state index contributed by atoms with van der Waals surface area (Å²) in [6.07, 6.45) is 3.96. The van der Waals surface area contributed by atoms with Gasteiger partial charge in [0.05, 0.1) is 18.1 Å². The molecule has 1 saturated heterocycles. The van der Waals surface area contributed by atoms with Crippen molar-refractivity contribution in [1.29, 1.82) is 0 Å². The van der Waals surface area contributed by atoms with Crippen LogP contribution in [0.25, 0.3) is 0 Å². The van der Waals surface area contributed by atoms with E-state index in [0.29, 0.717) is 18.7 Å². The first-order valence-corrected chi connectivity index (χ1v) is 6.89. The number of hydrogen-bond acceptors (Lipinski definition) is 5. The van der Waals surface area contributed by atoms with E-state index < -0.39 is 11.9 Å². The van der Waals surface area contributed by atoms with Crippen LogP contribution in [-0.2, 0) is 9.53 Å². The normalized spacial score (nSPS) is 17.2. The fourth-order valence-electron chi connectivity index (χ4n) is 2.07. The first kappa shape index (κ1) is 14.4. The average Bonchev–Trinajstić information content (AvgIpc) is 3.06. The quantitative estimate of drug-likeness (QED) is 0.939. The molecule has 1 aromatic carbocycles. The Morgan fingerprint density at radius 2 is 2.09 bits per heavy atom. The van der Waals surface area contributed by atoms with Crippen LogP contribution in [0.3, 0.4) is 0 Å². The molecule has 1 amide bonds. The van der Waals surface area contributed by atoms with Gasteiger partial charge in [-0.2, -0.15) is 0 Å². The number of aromatic nitrogens is 2. The summed E-state index contributed by atoms with van der Waals surface area (Å²) in [7, 11) is 0. The van der Waals surface area contributed by atoms with Crippen LogP contribution in [0.2, 0.25) is 0 Å². The molecule has 1 N–H and O–H groups in total. The van der Waals surface area contributed by atoms with E-state index in [4.69, 9.17) is 9.47 Å². The SMILES string of the molecule is O=C(Nc1cnc(Oc2ccccc2F)nc1)[C@@H]1CCCO1. The smallest absolute Gasteiger partial charge is 0.322 e. The van der Waals surface area contributed by atoms with Gasteiger partial charge in [-0.15, -0.1) is 0 Å². The zero-order valence-corrected chi connectivity index (χ0v) is 11.7. The topological polar surface area (TPSA) is 73.3 Å². The van der Waals surface area contributed by atoms with E-state index in [2.05, 4.69) is 15.3 Å². The third-order valence-electron chi connectivity index (χ3n) is 3.16. The van der Waals surface area contributed by atoms with Gasteiger partial charge in [0.15, 0.2) is 11.6 Å². The number of carbonyl (C=O) groups excluding carboxylic acids is 1. The van der Waals surface area contributed by atoms with Gasteiger partial charge in [-0.25, -0.2) is 14.4 Å². The van der Waals surface area contributed by atoms with Crippen LogP contribution >= 0.6 is 0 Å². The lowest BCUT2D eigenvalue weighted by atomic mass is 10.2. The van der Waals surface area contributed by atoms with Gasteiger partial charge in [-0.05, 0) is 25.0 Å². The summed E-state index contributed by atoms with van der Waals surface area (Å²) in [6.45, 7) is 0.601. The molecule has 0 unspecified atom stereocenters. The summed E-state index contributed by atoms with van der Waals surface area (Å²) < 4.78 is 24.0. The number of amides is 1. The third-order valence-corrected chi connectivity index (χ3v) is 3.16. The molecule has 114 valence electrons. The molecular formula is C15H14FN3O3. The molecule has 0 radical (unpaired) electrons. The molecule has 6 nitrogen and oxygen atoms in total. The Hall–Kier alpha value is -2.54. The third kappa shape index (κ3) is 3.37. The number of nitrogens with one attached hydrogen (secondary N) is 1. The summed E-state index contributed by atoms with van der Waals surface area (Å²) >= 11 is 0. The molecule has 0 spiro atoms. The number of ether oxygens (including phenoxy) is 2. The minimum Gasteiger partial charge on any atom is -0.421 e. The molecule has 2 heterocycles. The van der Waals surface area contributed by atoms with Crippen molar-refractivity contribution in [1.82, 2.24) is 9.97 Å². The molecule has 22 heavy (non-hydrogen) atoms. The molecule has 1 aliphatic rings. The fraction of sp³-hybridized carbons (Fsp3) is 0.267. The summed E-state index contributed by atoms with van der Waals surface area (Å²) in [5, 5.41) is 2.67. The van der Waals surface area contributed by atoms with Gasteiger partial charge in [0.1, 0.15) is 6.10 Å². The number of anilines is 1. The van der Waals surface area contributed by atoms with Gasteiger partial charge in [-0.1, -0.05) is 12.1 Å². The minimum atomic E-state index is -0.498. The Labute approximate surface area is 126 Å². The van der Waals surface area contributed by atoms with Crippen molar-refractivity contribution in [3.63, 3.8) is 0 Å². The second-order valence-corrected chi connectivity index (χ2v) is 4.78. The summed E-state index contributed by atoms with van der Waals surface area (Å²) in [6, 6.07) is 5.97. The molecule has 1 aliphatic heterocycles. The van der Waals surface area contributed by atoms with E-state index in [1.54, 1.807) is 12.1 Å². The number of carbonyl (C=O) groups is 1. The van der Waals surface area contributed by atoms with E-state index in [1.807, 2.05) is 0 Å². The minimum absolute atomic E-state index is 0.000199. The van der Waals surface area contributed by atoms with Gasteiger partial charge in [0.2, 0.25) is 0 Å². The molecule has 3 rings (SSSR count). The fourth-order valence-corrected chi connectivity index (χ4v) is 2.07. The molecule has 0 bridgehead atoms. The molecule has 2 aromatic rings. The van der Waals surface area contributed by atoms with Crippen molar-refractivity contribution < 1.29 is 18.7 Å². The van der Waals surface area contributed by atoms with Crippen LogP contribution in [0, 0.1) is 5.82 Å². The monoisotopic (exact) mass is 303 g/mol. The highest BCUT2D eigenvalue weighted by Crippen LogP contribution is 2.21. The number of rotatable bonds is 4. The van der Waals surface area contributed by atoms with E-state index in [1.165, 1.54) is 24.5 Å². The zero-order chi connectivity index (χ0) is 15.4. The highest BCUT2D eigenvalue weighted by Gasteiger charge is 2.23. The first-order chi connectivity index (χ1) is 10.7. The Bertz CT molecular complexity index is 657. The van der Waals surface area contributed by atoms with Gasteiger partial charge < -0.3 is 14.8 Å². The molecular weight excluding hydrogens is 289 g/mol. The maximum atomic E-state index is 13.4. The van der Waals surface area contributed by atoms with E-state index >= 15 is 0 Å². The summed E-state index contributed by atoms with van der Waals surface area (Å²) in [5.74, 6) is -0.677. The highest BCUT2D eigenvalue weighted by atomic mass is 19.1. The van der Waals surface area contributed by atoms with Crippen molar-refractivity contribution in [3.8, 4) is 11.8 Å². The van der Waals surface area contributed by atoms with E-state index in [-0.39, 0.29) is 17.7 Å². The van der Waals surface area contributed by atoms with Gasteiger partial charge in [-0.3, -0.25) is 4.79 Å². The zero-order valence-electron chi connectivity index (χ0n) is 11.7. The van der Waals surface area contributed by atoms with E-state index in [9.17, 15) is 9.18 Å². The van der Waals surface area contributed by atoms with Crippen molar-refractivity contribution in [2.75, 3.05) is 11.9 Å². The maximum Gasteiger partial charge on any atom is 0.322 e. The van der Waals surface area contributed by atoms with Crippen LogP contribution in [0.15, 0.2) is 36.7 Å². The van der Waals surface area contributed by atoms with Crippen LogP contribution in [0.5, 0.6) is 11.8 Å². The Kier molecular flexibility index (Phi) is 4.24. The van der Waals surface area contributed by atoms with Crippen molar-refractivity contribution >= 4 is 11.6 Å². The number of halogens is 1. The Morgan fingerprint density at radius 1 is 1.32 bits per heavy atom. The second-order valence-electron chi connectivity index (χ2n) is 4.78. The lowest BCUT2D eigenvalue weighted by Crippen LogP contribution is -2.26. The lowest BCUT2D eigenvalue weighted by Gasteiger charge is -2.10. The number of hydrogen-bond donors (Lipinski definition) is 1. The first-order valence-electron chi connectivity index (χ1n) is 6.89. The van der Waals surface area contributed by atoms with Crippen LogP contribution in [-0.4, -0.2) is 28.6 Å². The largest absolute Gasteiger partial charge is 0.421 e. The molecule has 7 heteroatoms. The molecule has 1 fully saturated rings. The molecule has 0 aliphatic carbocycles. The average molecular weight is 303 g/mol.